The Morgan fingerprint density at radius 1 is 0.897 bits per heavy atom. The van der Waals surface area contributed by atoms with Crippen LogP contribution in [0.25, 0.3) is 0 Å². The first kappa shape index (κ1) is 17.6. The van der Waals surface area contributed by atoms with E-state index in [1.54, 1.807) is 0 Å². The molecule has 0 saturated carbocycles. The van der Waals surface area contributed by atoms with Gasteiger partial charge in [0, 0.05) is 41.2 Å². The number of rotatable bonds is 3. The van der Waals surface area contributed by atoms with Gasteiger partial charge in [0.25, 0.3) is 0 Å². The molecule has 1 spiro atoms. The van der Waals surface area contributed by atoms with Crippen LogP contribution in [-0.4, -0.2) is 19.1 Å². The van der Waals surface area contributed by atoms with Crippen molar-refractivity contribution in [2.24, 2.45) is 0 Å². The van der Waals surface area contributed by atoms with Gasteiger partial charge in [-0.05, 0) is 38.1 Å². The van der Waals surface area contributed by atoms with Crippen molar-refractivity contribution in [3.63, 3.8) is 0 Å². The highest BCUT2D eigenvalue weighted by atomic mass is 16.6. The first-order valence-corrected chi connectivity index (χ1v) is 9.89. The molecule has 0 amide bonds. The lowest BCUT2D eigenvalue weighted by Crippen LogP contribution is -2.33. The van der Waals surface area contributed by atoms with Gasteiger partial charge in [0.15, 0.2) is 5.60 Å². The Balaban J connectivity index is 1.87. The van der Waals surface area contributed by atoms with Crippen molar-refractivity contribution < 1.29 is 14.3 Å². The summed E-state index contributed by atoms with van der Waals surface area (Å²) in [6.07, 6.45) is 0. The topological polar surface area (TPSA) is 64.8 Å². The monoisotopic (exact) mass is 386 g/mol. The molecule has 0 bridgehead atoms. The molecule has 0 unspecified atom stereocenters. The molecular formula is C24H22N2O3. The average molecular weight is 386 g/mol. The molecule has 5 heteroatoms. The van der Waals surface area contributed by atoms with Crippen LogP contribution in [0.4, 0.5) is 11.4 Å². The maximum Gasteiger partial charge on any atom is 0.342 e. The number of carbonyl (C=O) groups excluding carboxylic acids is 1. The maximum atomic E-state index is 13.0. The normalized spacial score (nSPS) is 15.2. The highest BCUT2D eigenvalue weighted by Gasteiger charge is 2.54. The predicted molar refractivity (Wildman–Crippen MR) is 113 cm³/mol. The smallest absolute Gasteiger partial charge is 0.342 e. The van der Waals surface area contributed by atoms with Crippen LogP contribution in [0.1, 0.15) is 40.9 Å². The maximum absolute atomic E-state index is 13.0. The summed E-state index contributed by atoms with van der Waals surface area (Å²) in [6.45, 7) is 5.88. The van der Waals surface area contributed by atoms with Crippen LogP contribution in [0.5, 0.6) is 11.5 Å². The Kier molecular flexibility index (Phi) is 3.81. The number of para-hydroxylation sites is 2. The molecule has 0 fully saturated rings. The van der Waals surface area contributed by atoms with Crippen molar-refractivity contribution in [1.82, 2.24) is 0 Å². The van der Waals surface area contributed by atoms with Gasteiger partial charge in [0.1, 0.15) is 11.5 Å². The van der Waals surface area contributed by atoms with Crippen LogP contribution in [0.15, 0.2) is 60.7 Å². The van der Waals surface area contributed by atoms with E-state index in [4.69, 9.17) is 15.2 Å². The molecule has 2 heterocycles. The van der Waals surface area contributed by atoms with E-state index in [0.29, 0.717) is 22.7 Å². The summed E-state index contributed by atoms with van der Waals surface area (Å²) in [5, 5.41) is 0. The minimum Gasteiger partial charge on any atom is -0.456 e. The predicted octanol–water partition coefficient (Wildman–Crippen LogP) is 4.68. The SMILES string of the molecule is CCN(CC)c1cc(N)c2c(c1)C1(OC2=O)c2ccccc2Oc2ccccc21. The molecule has 2 aliphatic heterocycles. The summed E-state index contributed by atoms with van der Waals surface area (Å²) in [5.41, 5.74) is 9.55. The van der Waals surface area contributed by atoms with E-state index in [9.17, 15) is 4.79 Å². The van der Waals surface area contributed by atoms with E-state index in [2.05, 4.69) is 18.7 Å². The number of fused-ring (bicyclic) bond motifs is 6. The standard InChI is InChI=1S/C24H22N2O3/c1-3-26(4-2)15-13-18-22(19(25)14-15)23(27)29-24(18)16-9-5-7-11-20(16)28-21-12-8-6-10-17(21)24/h5-14H,3-4,25H2,1-2H3. The molecule has 3 aromatic carbocycles. The summed E-state index contributed by atoms with van der Waals surface area (Å²) < 4.78 is 12.3. The second-order valence-electron chi connectivity index (χ2n) is 7.29. The van der Waals surface area contributed by atoms with Crippen LogP contribution in [0, 0.1) is 0 Å². The fraction of sp³-hybridized carbons (Fsp3) is 0.208. The molecule has 2 N–H and O–H groups in total. The Bertz CT molecular complexity index is 1090. The molecule has 5 nitrogen and oxygen atoms in total. The number of nitrogen functional groups attached to an aromatic ring is 1. The molecule has 146 valence electrons. The molecule has 0 aliphatic carbocycles. The van der Waals surface area contributed by atoms with Crippen LogP contribution in [-0.2, 0) is 10.3 Å². The first-order chi connectivity index (χ1) is 14.1. The minimum atomic E-state index is -1.07. The van der Waals surface area contributed by atoms with E-state index in [-0.39, 0.29) is 0 Å². The van der Waals surface area contributed by atoms with Crippen molar-refractivity contribution in [3.05, 3.63) is 82.9 Å². The average Bonchev–Trinajstić information content (AvgIpc) is 3.03. The second-order valence-corrected chi connectivity index (χ2v) is 7.29. The van der Waals surface area contributed by atoms with Crippen LogP contribution in [0.3, 0.4) is 0 Å². The third-order valence-corrected chi connectivity index (χ3v) is 5.86. The van der Waals surface area contributed by atoms with Gasteiger partial charge >= 0.3 is 5.97 Å². The van der Waals surface area contributed by atoms with Gasteiger partial charge < -0.3 is 20.1 Å². The van der Waals surface area contributed by atoms with Crippen molar-refractivity contribution in [2.75, 3.05) is 23.7 Å². The van der Waals surface area contributed by atoms with Gasteiger partial charge in [-0.3, -0.25) is 0 Å². The van der Waals surface area contributed by atoms with Crippen molar-refractivity contribution in [1.29, 1.82) is 0 Å². The number of ether oxygens (including phenoxy) is 2. The van der Waals surface area contributed by atoms with E-state index in [1.165, 1.54) is 0 Å². The van der Waals surface area contributed by atoms with Crippen molar-refractivity contribution in [2.45, 2.75) is 19.4 Å². The van der Waals surface area contributed by atoms with Crippen molar-refractivity contribution in [3.8, 4) is 11.5 Å². The summed E-state index contributed by atoms with van der Waals surface area (Å²) in [7, 11) is 0. The lowest BCUT2D eigenvalue weighted by Gasteiger charge is -2.36. The van der Waals surface area contributed by atoms with Gasteiger partial charge in [-0.2, -0.15) is 0 Å². The molecule has 0 aromatic heterocycles. The Labute approximate surface area is 169 Å². The highest BCUT2D eigenvalue weighted by Crippen LogP contribution is 2.57. The van der Waals surface area contributed by atoms with Gasteiger partial charge in [-0.25, -0.2) is 4.79 Å². The lowest BCUT2D eigenvalue weighted by atomic mass is 9.77. The van der Waals surface area contributed by atoms with E-state index >= 15 is 0 Å². The second kappa shape index (κ2) is 6.27. The third-order valence-electron chi connectivity index (χ3n) is 5.86. The zero-order chi connectivity index (χ0) is 20.2. The molecule has 3 aromatic rings. The zero-order valence-corrected chi connectivity index (χ0v) is 16.4. The number of nitrogens with zero attached hydrogens (tertiary/aromatic N) is 1. The fourth-order valence-electron chi connectivity index (χ4n) is 4.53. The molecular weight excluding hydrogens is 364 g/mol. The zero-order valence-electron chi connectivity index (χ0n) is 16.4. The number of hydrogen-bond donors (Lipinski definition) is 1. The molecule has 0 saturated heterocycles. The lowest BCUT2D eigenvalue weighted by molar-refractivity contribution is 0.0225. The van der Waals surface area contributed by atoms with Gasteiger partial charge in [-0.15, -0.1) is 0 Å². The highest BCUT2D eigenvalue weighted by molar-refractivity contribution is 6.02. The molecule has 2 aliphatic rings. The number of anilines is 2. The number of esters is 1. The summed E-state index contributed by atoms with van der Waals surface area (Å²) >= 11 is 0. The van der Waals surface area contributed by atoms with Crippen molar-refractivity contribution >= 4 is 17.3 Å². The molecule has 0 radical (unpaired) electrons. The molecule has 0 atom stereocenters. The summed E-state index contributed by atoms with van der Waals surface area (Å²) in [6, 6.07) is 19.3. The summed E-state index contributed by atoms with van der Waals surface area (Å²) in [4.78, 5) is 15.3. The fourth-order valence-corrected chi connectivity index (χ4v) is 4.53. The number of nitrogens with two attached hydrogens (primary N) is 1. The molecule has 29 heavy (non-hydrogen) atoms. The molecule has 5 rings (SSSR count). The van der Waals surface area contributed by atoms with Gasteiger partial charge in [0.05, 0.1) is 5.56 Å². The van der Waals surface area contributed by atoms with Gasteiger partial charge in [-0.1, -0.05) is 36.4 Å². The number of benzene rings is 3. The quantitative estimate of drug-likeness (QED) is 0.523. The Morgan fingerprint density at radius 2 is 1.48 bits per heavy atom. The van der Waals surface area contributed by atoms with E-state index in [1.807, 2.05) is 60.7 Å². The van der Waals surface area contributed by atoms with Crippen LogP contribution < -0.4 is 15.4 Å². The van der Waals surface area contributed by atoms with Gasteiger partial charge in [0.2, 0.25) is 0 Å². The first-order valence-electron chi connectivity index (χ1n) is 9.89. The minimum absolute atomic E-state index is 0.407. The van der Waals surface area contributed by atoms with Crippen LogP contribution >= 0.6 is 0 Å². The number of hydrogen-bond acceptors (Lipinski definition) is 5. The number of carbonyl (C=O) groups is 1. The Morgan fingerprint density at radius 3 is 2.07 bits per heavy atom. The largest absolute Gasteiger partial charge is 0.456 e. The van der Waals surface area contributed by atoms with E-state index < -0.39 is 11.6 Å². The third kappa shape index (κ3) is 2.30. The summed E-state index contributed by atoms with van der Waals surface area (Å²) in [5.74, 6) is 0.951. The van der Waals surface area contributed by atoms with Crippen LogP contribution in [0.2, 0.25) is 0 Å². The Hall–Kier alpha value is -3.47. The van der Waals surface area contributed by atoms with E-state index in [0.717, 1.165) is 35.5 Å².